The van der Waals surface area contributed by atoms with Crippen molar-refractivity contribution in [1.29, 1.82) is 0 Å². The van der Waals surface area contributed by atoms with E-state index in [-0.39, 0.29) is 5.69 Å². The zero-order chi connectivity index (χ0) is 12.4. The van der Waals surface area contributed by atoms with Gasteiger partial charge in [0, 0.05) is 0 Å². The lowest BCUT2D eigenvalue weighted by molar-refractivity contribution is 0.0692. The van der Waals surface area contributed by atoms with Gasteiger partial charge >= 0.3 is 5.97 Å². The fourth-order valence-electron chi connectivity index (χ4n) is 1.21. The van der Waals surface area contributed by atoms with Crippen LogP contribution in [0.25, 0.3) is 0 Å². The molecule has 0 saturated heterocycles. The number of anilines is 2. The highest BCUT2D eigenvalue weighted by Crippen LogP contribution is 2.34. The molecule has 1 aromatic carbocycles. The van der Waals surface area contributed by atoms with Crippen molar-refractivity contribution in [2.24, 2.45) is 0 Å². The molecule has 0 amide bonds. The number of rotatable bonds is 3. The summed E-state index contributed by atoms with van der Waals surface area (Å²) in [5, 5.41) is 12.9. The van der Waals surface area contributed by atoms with E-state index in [9.17, 15) is 4.79 Å². The molecule has 7 heteroatoms. The minimum Gasteiger partial charge on any atom is -0.476 e. The minimum absolute atomic E-state index is 0.00174. The number of thiazole rings is 1. The Morgan fingerprint density at radius 2 is 2.29 bits per heavy atom. The van der Waals surface area contributed by atoms with Crippen molar-refractivity contribution >= 4 is 55.5 Å². The van der Waals surface area contributed by atoms with Gasteiger partial charge in [0.25, 0.3) is 0 Å². The number of aromatic nitrogens is 1. The maximum atomic E-state index is 10.9. The number of aromatic carboxylic acids is 1. The van der Waals surface area contributed by atoms with Crippen LogP contribution < -0.4 is 5.32 Å². The Hall–Kier alpha value is -1.11. The average Bonchev–Trinajstić information content (AvgIpc) is 2.73. The summed E-state index contributed by atoms with van der Waals surface area (Å²) < 4.78 is 0.686. The van der Waals surface area contributed by atoms with Crippen molar-refractivity contribution < 1.29 is 9.90 Å². The molecule has 88 valence electrons. The van der Waals surface area contributed by atoms with Crippen LogP contribution in [0.5, 0.6) is 0 Å². The molecule has 0 aliphatic rings. The number of benzene rings is 1. The van der Waals surface area contributed by atoms with Gasteiger partial charge in [0.2, 0.25) is 0 Å². The summed E-state index contributed by atoms with van der Waals surface area (Å²) >= 11 is 10.5. The molecular weight excluding hydrogens is 328 g/mol. The van der Waals surface area contributed by atoms with E-state index in [0.29, 0.717) is 20.2 Å². The largest absolute Gasteiger partial charge is 0.476 e. The van der Waals surface area contributed by atoms with Gasteiger partial charge in [0.15, 0.2) is 5.69 Å². The van der Waals surface area contributed by atoms with E-state index in [0.717, 1.165) is 0 Å². The summed E-state index contributed by atoms with van der Waals surface area (Å²) in [5.41, 5.74) is 2.18. The first kappa shape index (κ1) is 12.3. The maximum Gasteiger partial charge on any atom is 0.357 e. The molecule has 0 spiro atoms. The highest BCUT2D eigenvalue weighted by atomic mass is 79.9. The van der Waals surface area contributed by atoms with Gasteiger partial charge in [-0.3, -0.25) is 0 Å². The van der Waals surface area contributed by atoms with Gasteiger partial charge in [-0.2, -0.15) is 0 Å². The van der Waals surface area contributed by atoms with E-state index in [1.54, 1.807) is 18.2 Å². The summed E-state index contributed by atoms with van der Waals surface area (Å²) in [6.45, 7) is 0. The molecule has 2 rings (SSSR count). The molecule has 0 radical (unpaired) electrons. The Morgan fingerprint density at radius 1 is 1.53 bits per heavy atom. The molecule has 17 heavy (non-hydrogen) atoms. The summed E-state index contributed by atoms with van der Waals surface area (Å²) in [6.07, 6.45) is 0. The number of hydrogen-bond donors (Lipinski definition) is 2. The zero-order valence-corrected chi connectivity index (χ0v) is 11.4. The summed E-state index contributed by atoms with van der Waals surface area (Å²) in [6, 6.07) is 5.31. The number of hydrogen-bond acceptors (Lipinski definition) is 4. The molecule has 1 aromatic heterocycles. The fraction of sp³-hybridized carbons (Fsp3) is 0. The van der Waals surface area contributed by atoms with E-state index >= 15 is 0 Å². The van der Waals surface area contributed by atoms with Crippen molar-refractivity contribution in [3.8, 4) is 0 Å². The molecule has 4 nitrogen and oxygen atoms in total. The first-order valence-corrected chi connectivity index (χ1v) is 6.52. The minimum atomic E-state index is -1.06. The van der Waals surface area contributed by atoms with Crippen molar-refractivity contribution in [2.45, 2.75) is 0 Å². The zero-order valence-electron chi connectivity index (χ0n) is 8.28. The second-order valence-corrected chi connectivity index (χ2v) is 5.12. The van der Waals surface area contributed by atoms with Gasteiger partial charge in [0.1, 0.15) is 5.00 Å². The molecule has 0 aliphatic heterocycles. The Kier molecular flexibility index (Phi) is 3.66. The van der Waals surface area contributed by atoms with E-state index < -0.39 is 5.97 Å². The molecule has 2 aromatic rings. The fourth-order valence-corrected chi connectivity index (χ4v) is 2.43. The first-order valence-electron chi connectivity index (χ1n) is 4.47. The summed E-state index contributed by atoms with van der Waals surface area (Å²) in [4.78, 5) is 14.7. The van der Waals surface area contributed by atoms with E-state index in [1.165, 1.54) is 16.8 Å². The number of halogens is 2. The summed E-state index contributed by atoms with van der Waals surface area (Å²) in [7, 11) is 0. The lowest BCUT2D eigenvalue weighted by Gasteiger charge is -2.07. The normalized spacial score (nSPS) is 10.2. The van der Waals surface area contributed by atoms with Crippen LogP contribution in [-0.4, -0.2) is 16.1 Å². The third-order valence-corrected chi connectivity index (χ3v) is 4.11. The van der Waals surface area contributed by atoms with Crippen LogP contribution in [0, 0.1) is 0 Å². The molecule has 0 unspecified atom stereocenters. The van der Waals surface area contributed by atoms with E-state index in [4.69, 9.17) is 16.7 Å². The van der Waals surface area contributed by atoms with Crippen molar-refractivity contribution in [3.63, 3.8) is 0 Å². The smallest absolute Gasteiger partial charge is 0.357 e. The van der Waals surface area contributed by atoms with Gasteiger partial charge in [-0.25, -0.2) is 9.78 Å². The van der Waals surface area contributed by atoms with Crippen molar-refractivity contribution in [3.05, 3.63) is 38.9 Å². The van der Waals surface area contributed by atoms with Crippen LogP contribution in [0.2, 0.25) is 5.02 Å². The molecule has 2 N–H and O–H groups in total. The average molecular weight is 334 g/mol. The molecular formula is C10H6BrClN2O2S. The number of carbonyl (C=O) groups is 1. The topological polar surface area (TPSA) is 62.2 Å². The van der Waals surface area contributed by atoms with Gasteiger partial charge in [-0.05, 0) is 28.1 Å². The van der Waals surface area contributed by atoms with Gasteiger partial charge in [-0.15, -0.1) is 11.3 Å². The van der Waals surface area contributed by atoms with E-state index in [1.807, 2.05) is 0 Å². The van der Waals surface area contributed by atoms with Crippen LogP contribution in [0.1, 0.15) is 10.5 Å². The number of nitrogens with zero attached hydrogens (tertiary/aromatic N) is 1. The molecule has 1 heterocycles. The molecule has 0 fully saturated rings. The van der Waals surface area contributed by atoms with Crippen LogP contribution >= 0.6 is 38.9 Å². The molecule has 0 aliphatic carbocycles. The highest BCUT2D eigenvalue weighted by molar-refractivity contribution is 9.10. The first-order chi connectivity index (χ1) is 8.09. The lowest BCUT2D eigenvalue weighted by Crippen LogP contribution is -2.01. The number of carboxylic acids is 1. The second-order valence-electron chi connectivity index (χ2n) is 3.06. The van der Waals surface area contributed by atoms with Gasteiger partial charge < -0.3 is 10.4 Å². The quantitative estimate of drug-likeness (QED) is 0.891. The monoisotopic (exact) mass is 332 g/mol. The molecule has 0 atom stereocenters. The van der Waals surface area contributed by atoms with Crippen LogP contribution in [0.15, 0.2) is 28.2 Å². The van der Waals surface area contributed by atoms with E-state index in [2.05, 4.69) is 26.2 Å². The van der Waals surface area contributed by atoms with Crippen LogP contribution in [-0.2, 0) is 0 Å². The lowest BCUT2D eigenvalue weighted by atomic mass is 10.3. The molecule has 0 bridgehead atoms. The standard InChI is InChI=1S/C10H6BrClN2O2S/c11-7-5(12)2-1-3-6(7)14-9-8(10(15)16)13-4-17-9/h1-4,14H,(H,15,16). The summed E-state index contributed by atoms with van der Waals surface area (Å²) in [5.74, 6) is -1.06. The molecule has 0 saturated carbocycles. The Morgan fingerprint density at radius 3 is 3.00 bits per heavy atom. The number of nitrogens with one attached hydrogen (secondary N) is 1. The third kappa shape index (κ3) is 2.59. The Labute approximate surface area is 114 Å². The second kappa shape index (κ2) is 5.03. The SMILES string of the molecule is O=C(O)c1ncsc1Nc1cccc(Cl)c1Br. The predicted octanol–water partition coefficient (Wildman–Crippen LogP) is 4.00. The van der Waals surface area contributed by atoms with Gasteiger partial charge in [0.05, 0.1) is 20.7 Å². The van der Waals surface area contributed by atoms with Crippen molar-refractivity contribution in [2.75, 3.05) is 5.32 Å². The predicted molar refractivity (Wildman–Crippen MR) is 71.5 cm³/mol. The van der Waals surface area contributed by atoms with Gasteiger partial charge in [-0.1, -0.05) is 17.7 Å². The van der Waals surface area contributed by atoms with Crippen LogP contribution in [0.4, 0.5) is 10.7 Å². The maximum absolute atomic E-state index is 10.9. The third-order valence-electron chi connectivity index (χ3n) is 1.97. The van der Waals surface area contributed by atoms with Crippen LogP contribution in [0.3, 0.4) is 0 Å². The number of carboxylic acid groups (broad SMARTS) is 1. The van der Waals surface area contributed by atoms with Crippen molar-refractivity contribution in [1.82, 2.24) is 4.98 Å². The highest BCUT2D eigenvalue weighted by Gasteiger charge is 2.14. The Bertz CT molecular complexity index is 573. The Balaban J connectivity index is 2.35.